The lowest BCUT2D eigenvalue weighted by atomic mass is 10.2. The van der Waals surface area contributed by atoms with Crippen LogP contribution in [0.4, 0.5) is 5.82 Å². The predicted octanol–water partition coefficient (Wildman–Crippen LogP) is 1.28. The molecule has 1 aliphatic rings. The predicted molar refractivity (Wildman–Crippen MR) is 56.2 cm³/mol. The van der Waals surface area contributed by atoms with Crippen LogP contribution in [0, 0.1) is 5.92 Å². The number of nitrogens with two attached hydrogens (primary N) is 1. The quantitative estimate of drug-likeness (QED) is 0.789. The normalized spacial score (nSPS) is 17.9. The highest BCUT2D eigenvalue weighted by molar-refractivity contribution is 6.29. The molecule has 1 heterocycles. The van der Waals surface area contributed by atoms with Crippen molar-refractivity contribution in [3.8, 4) is 0 Å². The molecule has 14 heavy (non-hydrogen) atoms. The lowest BCUT2D eigenvalue weighted by Crippen LogP contribution is -2.31. The molecule has 1 saturated carbocycles. The molecule has 0 aromatic carbocycles. The first-order valence-corrected chi connectivity index (χ1v) is 5.11. The average molecular weight is 213 g/mol. The molecule has 0 bridgehead atoms. The summed E-state index contributed by atoms with van der Waals surface area (Å²) in [5.74, 6) is 1.45. The highest BCUT2D eigenvalue weighted by Gasteiger charge is 2.30. The molecule has 3 N–H and O–H groups in total. The van der Waals surface area contributed by atoms with E-state index in [-0.39, 0.29) is 0 Å². The standard InChI is InChI=1S/C9H13ClN4/c10-8-4-13-9(5-12-8)14-7(3-11)6-1-2-6/h4-7H,1-3,11H2,(H,13,14). The zero-order chi connectivity index (χ0) is 9.97. The minimum Gasteiger partial charge on any atom is -0.365 e. The van der Waals surface area contributed by atoms with Crippen molar-refractivity contribution in [2.24, 2.45) is 11.7 Å². The molecular formula is C9H13ClN4. The molecular weight excluding hydrogens is 200 g/mol. The molecule has 0 saturated heterocycles. The van der Waals surface area contributed by atoms with E-state index in [0.29, 0.717) is 23.7 Å². The van der Waals surface area contributed by atoms with Gasteiger partial charge in [0.25, 0.3) is 0 Å². The smallest absolute Gasteiger partial charge is 0.147 e. The molecule has 1 aromatic rings. The van der Waals surface area contributed by atoms with Gasteiger partial charge in [0.2, 0.25) is 0 Å². The fourth-order valence-electron chi connectivity index (χ4n) is 1.44. The topological polar surface area (TPSA) is 63.8 Å². The molecule has 0 aliphatic heterocycles. The summed E-state index contributed by atoms with van der Waals surface area (Å²) in [6.07, 6.45) is 5.68. The van der Waals surface area contributed by atoms with Gasteiger partial charge >= 0.3 is 0 Å². The van der Waals surface area contributed by atoms with Crippen molar-refractivity contribution >= 4 is 17.4 Å². The van der Waals surface area contributed by atoms with Crippen LogP contribution >= 0.6 is 11.6 Å². The van der Waals surface area contributed by atoms with Crippen LogP contribution in [0.3, 0.4) is 0 Å². The number of anilines is 1. The summed E-state index contributed by atoms with van der Waals surface area (Å²) >= 11 is 5.63. The second-order valence-corrected chi connectivity index (χ2v) is 3.94. The first-order chi connectivity index (χ1) is 6.79. The first-order valence-electron chi connectivity index (χ1n) is 4.73. The zero-order valence-electron chi connectivity index (χ0n) is 7.78. The van der Waals surface area contributed by atoms with Crippen LogP contribution < -0.4 is 11.1 Å². The molecule has 1 fully saturated rings. The Labute approximate surface area is 87.9 Å². The van der Waals surface area contributed by atoms with Gasteiger partial charge < -0.3 is 11.1 Å². The number of nitrogens with one attached hydrogen (secondary N) is 1. The van der Waals surface area contributed by atoms with Crippen molar-refractivity contribution in [2.45, 2.75) is 18.9 Å². The molecule has 2 rings (SSSR count). The van der Waals surface area contributed by atoms with Crippen molar-refractivity contribution in [1.82, 2.24) is 9.97 Å². The molecule has 1 aromatic heterocycles. The maximum Gasteiger partial charge on any atom is 0.147 e. The van der Waals surface area contributed by atoms with Gasteiger partial charge in [-0.15, -0.1) is 0 Å². The number of rotatable bonds is 4. The van der Waals surface area contributed by atoms with E-state index in [4.69, 9.17) is 17.3 Å². The Bertz CT molecular complexity index is 296. The van der Waals surface area contributed by atoms with Gasteiger partial charge in [-0.25, -0.2) is 9.97 Å². The van der Waals surface area contributed by atoms with Crippen LogP contribution in [0.2, 0.25) is 5.15 Å². The molecule has 1 atom stereocenters. The highest BCUT2D eigenvalue weighted by Crippen LogP contribution is 2.33. The lowest BCUT2D eigenvalue weighted by molar-refractivity contribution is 0.642. The molecule has 0 radical (unpaired) electrons. The van der Waals surface area contributed by atoms with E-state index in [1.165, 1.54) is 19.0 Å². The Morgan fingerprint density at radius 3 is 2.79 bits per heavy atom. The van der Waals surface area contributed by atoms with Crippen molar-refractivity contribution < 1.29 is 0 Å². The largest absolute Gasteiger partial charge is 0.365 e. The SMILES string of the molecule is NCC(Nc1cnc(Cl)cn1)C1CC1. The second kappa shape index (κ2) is 4.11. The third-order valence-electron chi connectivity index (χ3n) is 2.40. The van der Waals surface area contributed by atoms with E-state index in [2.05, 4.69) is 15.3 Å². The minimum absolute atomic E-state index is 0.325. The maximum atomic E-state index is 5.65. The fraction of sp³-hybridized carbons (Fsp3) is 0.556. The number of hydrogen-bond acceptors (Lipinski definition) is 4. The Morgan fingerprint density at radius 1 is 1.50 bits per heavy atom. The second-order valence-electron chi connectivity index (χ2n) is 3.55. The Morgan fingerprint density at radius 2 is 2.29 bits per heavy atom. The van der Waals surface area contributed by atoms with Gasteiger partial charge in [-0.1, -0.05) is 11.6 Å². The molecule has 76 valence electrons. The summed E-state index contributed by atoms with van der Waals surface area (Å²) < 4.78 is 0. The number of aromatic nitrogens is 2. The van der Waals surface area contributed by atoms with Crippen LogP contribution in [0.15, 0.2) is 12.4 Å². The Kier molecular flexibility index (Phi) is 2.84. The van der Waals surface area contributed by atoms with Crippen LogP contribution in [-0.2, 0) is 0 Å². The molecule has 0 spiro atoms. The summed E-state index contributed by atoms with van der Waals surface area (Å²) in [6, 6.07) is 0.325. The highest BCUT2D eigenvalue weighted by atomic mass is 35.5. The van der Waals surface area contributed by atoms with Crippen LogP contribution in [0.1, 0.15) is 12.8 Å². The van der Waals surface area contributed by atoms with Crippen LogP contribution in [0.25, 0.3) is 0 Å². The van der Waals surface area contributed by atoms with Gasteiger partial charge in [0.05, 0.1) is 12.4 Å². The van der Waals surface area contributed by atoms with Crippen LogP contribution in [0.5, 0.6) is 0 Å². The van der Waals surface area contributed by atoms with Gasteiger partial charge in [0.15, 0.2) is 0 Å². The summed E-state index contributed by atoms with van der Waals surface area (Å²) in [5, 5.41) is 3.67. The third kappa shape index (κ3) is 2.33. The summed E-state index contributed by atoms with van der Waals surface area (Å²) in [5.41, 5.74) is 5.65. The Balaban J connectivity index is 1.98. The summed E-state index contributed by atoms with van der Waals surface area (Å²) in [6.45, 7) is 0.634. The van der Waals surface area contributed by atoms with Crippen molar-refractivity contribution in [1.29, 1.82) is 0 Å². The van der Waals surface area contributed by atoms with Gasteiger partial charge in [-0.2, -0.15) is 0 Å². The number of halogens is 1. The van der Waals surface area contributed by atoms with Crippen LogP contribution in [-0.4, -0.2) is 22.6 Å². The molecule has 0 amide bonds. The summed E-state index contributed by atoms with van der Waals surface area (Å²) in [7, 11) is 0. The van der Waals surface area contributed by atoms with Gasteiger partial charge in [-0.05, 0) is 18.8 Å². The van der Waals surface area contributed by atoms with Gasteiger partial charge in [-0.3, -0.25) is 0 Å². The molecule has 1 aliphatic carbocycles. The lowest BCUT2D eigenvalue weighted by Gasteiger charge is -2.15. The van der Waals surface area contributed by atoms with Crippen molar-refractivity contribution in [3.05, 3.63) is 17.5 Å². The fourth-order valence-corrected chi connectivity index (χ4v) is 1.54. The van der Waals surface area contributed by atoms with E-state index in [1.54, 1.807) is 6.20 Å². The minimum atomic E-state index is 0.325. The number of hydrogen-bond donors (Lipinski definition) is 2. The molecule has 5 heteroatoms. The zero-order valence-corrected chi connectivity index (χ0v) is 8.54. The van der Waals surface area contributed by atoms with Gasteiger partial charge in [0, 0.05) is 12.6 Å². The van der Waals surface area contributed by atoms with E-state index in [0.717, 1.165) is 5.82 Å². The van der Waals surface area contributed by atoms with E-state index < -0.39 is 0 Å². The number of nitrogens with zero attached hydrogens (tertiary/aromatic N) is 2. The monoisotopic (exact) mass is 212 g/mol. The maximum absolute atomic E-state index is 5.65. The van der Waals surface area contributed by atoms with E-state index in [9.17, 15) is 0 Å². The third-order valence-corrected chi connectivity index (χ3v) is 2.59. The summed E-state index contributed by atoms with van der Waals surface area (Å²) in [4.78, 5) is 8.06. The van der Waals surface area contributed by atoms with Crippen molar-refractivity contribution in [3.63, 3.8) is 0 Å². The Hall–Kier alpha value is -0.870. The average Bonchev–Trinajstić information content (AvgIpc) is 3.01. The van der Waals surface area contributed by atoms with Gasteiger partial charge in [0.1, 0.15) is 11.0 Å². The molecule has 4 nitrogen and oxygen atoms in total. The molecule has 1 unspecified atom stereocenters. The first kappa shape index (κ1) is 9.68. The van der Waals surface area contributed by atoms with Crippen molar-refractivity contribution in [2.75, 3.05) is 11.9 Å². The van der Waals surface area contributed by atoms with E-state index >= 15 is 0 Å². The van der Waals surface area contributed by atoms with E-state index in [1.807, 2.05) is 0 Å².